The number of esters is 1. The number of ether oxygens (including phenoxy) is 3. The van der Waals surface area contributed by atoms with Gasteiger partial charge in [-0.2, -0.15) is 0 Å². The minimum atomic E-state index is -0.597. The lowest BCUT2D eigenvalue weighted by molar-refractivity contribution is -0.145. The molecule has 7 nitrogen and oxygen atoms in total. The molecule has 0 saturated carbocycles. The summed E-state index contributed by atoms with van der Waals surface area (Å²) >= 11 is 0. The van der Waals surface area contributed by atoms with Crippen LogP contribution in [-0.2, 0) is 19.1 Å². The number of carbonyl (C=O) groups is 2. The lowest BCUT2D eigenvalue weighted by Gasteiger charge is -2.34. The second-order valence-electron chi connectivity index (χ2n) is 5.67. The van der Waals surface area contributed by atoms with E-state index in [0.29, 0.717) is 44.1 Å². The summed E-state index contributed by atoms with van der Waals surface area (Å²) in [7, 11) is 0. The van der Waals surface area contributed by atoms with Gasteiger partial charge in [0.2, 0.25) is 5.91 Å². The van der Waals surface area contributed by atoms with E-state index in [1.165, 1.54) is 0 Å². The molecule has 8 heteroatoms. The van der Waals surface area contributed by atoms with E-state index in [4.69, 9.17) is 19.9 Å². The smallest absolute Gasteiger partial charge is 0.344 e. The topological polar surface area (TPSA) is 99.9 Å². The first kappa shape index (κ1) is 21.2. The van der Waals surface area contributed by atoms with Crippen LogP contribution in [0.25, 0.3) is 0 Å². The summed E-state index contributed by atoms with van der Waals surface area (Å²) in [6.45, 7) is 3.22. The number of halogens is 1. The molecule has 1 aliphatic rings. The third kappa shape index (κ3) is 5.88. The molecule has 0 aliphatic carbocycles. The molecule has 1 heterocycles. The van der Waals surface area contributed by atoms with Gasteiger partial charge in [-0.3, -0.25) is 4.79 Å². The fraction of sp³-hybridized carbons (Fsp3) is 0.529. The molecule has 0 unspecified atom stereocenters. The molecule has 0 aromatic heterocycles. The van der Waals surface area contributed by atoms with Gasteiger partial charge in [-0.15, -0.1) is 12.4 Å². The maximum atomic E-state index is 12.6. The lowest BCUT2D eigenvalue weighted by atomic mass is 9.79. The van der Waals surface area contributed by atoms with Crippen molar-refractivity contribution < 1.29 is 23.8 Å². The van der Waals surface area contributed by atoms with Crippen LogP contribution >= 0.6 is 12.4 Å². The number of anilines is 1. The molecule has 0 bridgehead atoms. The fourth-order valence-corrected chi connectivity index (χ4v) is 2.56. The van der Waals surface area contributed by atoms with Crippen molar-refractivity contribution in [2.24, 2.45) is 11.1 Å². The van der Waals surface area contributed by atoms with Crippen LogP contribution in [0, 0.1) is 5.41 Å². The Kier molecular flexibility index (Phi) is 8.68. The van der Waals surface area contributed by atoms with Gasteiger partial charge in [-0.25, -0.2) is 4.79 Å². The van der Waals surface area contributed by atoms with Crippen LogP contribution < -0.4 is 15.8 Å². The summed E-state index contributed by atoms with van der Waals surface area (Å²) in [6.07, 6.45) is 1.21. The van der Waals surface area contributed by atoms with Crippen molar-refractivity contribution in [1.29, 1.82) is 0 Å². The second kappa shape index (κ2) is 10.2. The molecular weight excluding hydrogens is 348 g/mol. The zero-order valence-electron chi connectivity index (χ0n) is 14.3. The molecule has 1 amide bonds. The molecule has 0 atom stereocenters. The van der Waals surface area contributed by atoms with E-state index in [0.717, 1.165) is 0 Å². The quantitative estimate of drug-likeness (QED) is 0.707. The Bertz CT molecular complexity index is 576. The van der Waals surface area contributed by atoms with Crippen LogP contribution in [0.1, 0.15) is 19.8 Å². The Morgan fingerprint density at radius 3 is 2.68 bits per heavy atom. The third-order valence-corrected chi connectivity index (χ3v) is 4.08. The highest BCUT2D eigenvalue weighted by molar-refractivity contribution is 5.95. The second-order valence-corrected chi connectivity index (χ2v) is 5.67. The van der Waals surface area contributed by atoms with Gasteiger partial charge in [-0.05, 0) is 31.9 Å². The average Bonchev–Trinajstić information content (AvgIpc) is 2.61. The van der Waals surface area contributed by atoms with Gasteiger partial charge < -0.3 is 25.3 Å². The first-order valence-corrected chi connectivity index (χ1v) is 8.07. The predicted molar refractivity (Wildman–Crippen MR) is 96.0 cm³/mol. The molecular formula is C17H25ClN2O5. The van der Waals surface area contributed by atoms with Crippen molar-refractivity contribution in [1.82, 2.24) is 0 Å². The average molecular weight is 373 g/mol. The monoisotopic (exact) mass is 372 g/mol. The minimum Gasteiger partial charge on any atom is -0.482 e. The van der Waals surface area contributed by atoms with Crippen LogP contribution in [0.15, 0.2) is 24.3 Å². The third-order valence-electron chi connectivity index (χ3n) is 4.08. The van der Waals surface area contributed by atoms with E-state index in [2.05, 4.69) is 5.32 Å². The van der Waals surface area contributed by atoms with Crippen LogP contribution in [0.3, 0.4) is 0 Å². The Morgan fingerprint density at radius 1 is 1.32 bits per heavy atom. The number of nitrogens with two attached hydrogens (primary N) is 1. The zero-order chi connectivity index (χ0) is 17.4. The van der Waals surface area contributed by atoms with Crippen LogP contribution in [0.5, 0.6) is 5.75 Å². The Hall–Kier alpha value is -1.83. The molecule has 1 saturated heterocycles. The maximum Gasteiger partial charge on any atom is 0.344 e. The van der Waals surface area contributed by atoms with E-state index in [-0.39, 0.29) is 31.5 Å². The van der Waals surface area contributed by atoms with E-state index >= 15 is 0 Å². The van der Waals surface area contributed by atoms with Crippen molar-refractivity contribution in [2.45, 2.75) is 19.8 Å². The molecule has 25 heavy (non-hydrogen) atoms. The number of carbonyl (C=O) groups excluding carboxylic acids is 2. The summed E-state index contributed by atoms with van der Waals surface area (Å²) < 4.78 is 15.5. The summed E-state index contributed by atoms with van der Waals surface area (Å²) in [5.74, 6) is -0.0679. The standard InChI is InChI=1S/C17H24N2O5.ClH/c1-2-23-15(20)11-24-14-5-3-4-13(10-14)19-16(21)17(12-18)6-8-22-9-7-17;/h3-5,10H,2,6-9,11-12,18H2,1H3,(H,19,21);1H. The molecule has 3 N–H and O–H groups in total. The Morgan fingerprint density at radius 2 is 2.04 bits per heavy atom. The molecule has 0 spiro atoms. The molecule has 1 aromatic rings. The van der Waals surface area contributed by atoms with Crippen molar-refractivity contribution >= 4 is 30.0 Å². The van der Waals surface area contributed by atoms with Crippen molar-refractivity contribution in [3.63, 3.8) is 0 Å². The number of hydrogen-bond acceptors (Lipinski definition) is 6. The number of rotatable bonds is 7. The highest BCUT2D eigenvalue weighted by Gasteiger charge is 2.38. The molecule has 1 fully saturated rings. The molecule has 2 rings (SSSR count). The summed E-state index contributed by atoms with van der Waals surface area (Å²) in [5.41, 5.74) is 5.84. The maximum absolute atomic E-state index is 12.6. The fourth-order valence-electron chi connectivity index (χ4n) is 2.56. The lowest BCUT2D eigenvalue weighted by Crippen LogP contribution is -2.46. The van der Waals surface area contributed by atoms with E-state index < -0.39 is 11.4 Å². The SMILES string of the molecule is CCOC(=O)COc1cccc(NC(=O)C2(CN)CCOCC2)c1.Cl. The van der Waals surface area contributed by atoms with Gasteiger partial charge in [0.1, 0.15) is 5.75 Å². The van der Waals surface area contributed by atoms with Gasteiger partial charge in [0, 0.05) is 31.5 Å². The van der Waals surface area contributed by atoms with Crippen LogP contribution in [0.2, 0.25) is 0 Å². The largest absolute Gasteiger partial charge is 0.482 e. The van der Waals surface area contributed by atoms with Gasteiger partial charge in [0.25, 0.3) is 0 Å². The normalized spacial score (nSPS) is 15.6. The van der Waals surface area contributed by atoms with Crippen molar-refractivity contribution in [2.75, 3.05) is 38.3 Å². The Labute approximate surface area is 153 Å². The number of amides is 1. The van der Waals surface area contributed by atoms with Crippen molar-refractivity contribution in [3.8, 4) is 5.75 Å². The molecule has 1 aromatic carbocycles. The first-order chi connectivity index (χ1) is 11.6. The van der Waals surface area contributed by atoms with Crippen molar-refractivity contribution in [3.05, 3.63) is 24.3 Å². The van der Waals surface area contributed by atoms with Crippen LogP contribution in [0.4, 0.5) is 5.69 Å². The summed E-state index contributed by atoms with van der Waals surface area (Å²) in [5, 5.41) is 2.89. The predicted octanol–water partition coefficient (Wildman–Crippen LogP) is 1.74. The van der Waals surface area contributed by atoms with E-state index in [9.17, 15) is 9.59 Å². The first-order valence-electron chi connectivity index (χ1n) is 8.07. The Balaban J connectivity index is 0.00000312. The number of hydrogen-bond donors (Lipinski definition) is 2. The summed E-state index contributed by atoms with van der Waals surface area (Å²) in [6, 6.07) is 6.89. The summed E-state index contributed by atoms with van der Waals surface area (Å²) in [4.78, 5) is 23.9. The highest BCUT2D eigenvalue weighted by atomic mass is 35.5. The van der Waals surface area contributed by atoms with Gasteiger partial charge >= 0.3 is 5.97 Å². The van der Waals surface area contributed by atoms with Crippen LogP contribution in [-0.4, -0.2) is 44.8 Å². The van der Waals surface area contributed by atoms with E-state index in [1.807, 2.05) is 0 Å². The van der Waals surface area contributed by atoms with Gasteiger partial charge in [0.15, 0.2) is 6.61 Å². The molecule has 0 radical (unpaired) electrons. The molecule has 140 valence electrons. The van der Waals surface area contributed by atoms with E-state index in [1.54, 1.807) is 31.2 Å². The number of nitrogens with one attached hydrogen (secondary N) is 1. The molecule has 1 aliphatic heterocycles. The van der Waals surface area contributed by atoms with Gasteiger partial charge in [0.05, 0.1) is 12.0 Å². The number of benzene rings is 1. The highest BCUT2D eigenvalue weighted by Crippen LogP contribution is 2.31. The van der Waals surface area contributed by atoms with Gasteiger partial charge in [-0.1, -0.05) is 6.07 Å². The zero-order valence-corrected chi connectivity index (χ0v) is 15.1. The minimum absolute atomic E-state index is 0.